The smallest absolute Gasteiger partial charge is 0.322 e. The summed E-state index contributed by atoms with van der Waals surface area (Å²) in [6, 6.07) is 15.8. The first-order chi connectivity index (χ1) is 12.1. The van der Waals surface area contributed by atoms with Crippen LogP contribution in [0, 0.1) is 11.6 Å². The molecule has 0 saturated heterocycles. The summed E-state index contributed by atoms with van der Waals surface area (Å²) in [4.78, 5) is 14.1. The van der Waals surface area contributed by atoms with E-state index in [2.05, 4.69) is 5.32 Å². The van der Waals surface area contributed by atoms with Gasteiger partial charge in [-0.2, -0.15) is 0 Å². The van der Waals surface area contributed by atoms with Gasteiger partial charge in [0.05, 0.1) is 12.8 Å². The van der Waals surface area contributed by atoms with E-state index in [0.717, 1.165) is 17.7 Å². The van der Waals surface area contributed by atoms with Crippen molar-refractivity contribution < 1.29 is 18.0 Å². The number of nitrogens with zero attached hydrogens (tertiary/aromatic N) is 1. The van der Waals surface area contributed by atoms with E-state index in [1.807, 2.05) is 30.3 Å². The SMILES string of the molecule is O=C(Nc1ccc(F)c(F)c1)N(Cc1ccccc1)Cc1ccco1. The second kappa shape index (κ2) is 7.61. The molecule has 0 unspecified atom stereocenters. The van der Waals surface area contributed by atoms with Crippen LogP contribution in [0.5, 0.6) is 0 Å². The zero-order valence-electron chi connectivity index (χ0n) is 13.3. The summed E-state index contributed by atoms with van der Waals surface area (Å²) in [5.41, 5.74) is 1.12. The van der Waals surface area contributed by atoms with Crippen LogP contribution in [0.4, 0.5) is 19.3 Å². The van der Waals surface area contributed by atoms with Gasteiger partial charge in [-0.1, -0.05) is 30.3 Å². The molecule has 0 spiro atoms. The Morgan fingerprint density at radius 1 is 0.960 bits per heavy atom. The highest BCUT2D eigenvalue weighted by Gasteiger charge is 2.17. The Morgan fingerprint density at radius 3 is 2.44 bits per heavy atom. The summed E-state index contributed by atoms with van der Waals surface area (Å²) >= 11 is 0. The van der Waals surface area contributed by atoms with Crippen LogP contribution in [0.25, 0.3) is 0 Å². The fourth-order valence-electron chi connectivity index (χ4n) is 2.37. The number of nitrogens with one attached hydrogen (secondary N) is 1. The third kappa shape index (κ3) is 4.44. The average molecular weight is 342 g/mol. The van der Waals surface area contributed by atoms with E-state index < -0.39 is 17.7 Å². The number of halogens is 2. The van der Waals surface area contributed by atoms with Gasteiger partial charge >= 0.3 is 6.03 Å². The molecule has 4 nitrogen and oxygen atoms in total. The van der Waals surface area contributed by atoms with Crippen LogP contribution in [0.2, 0.25) is 0 Å². The van der Waals surface area contributed by atoms with Crippen molar-refractivity contribution in [2.75, 3.05) is 5.32 Å². The molecular formula is C19H16F2N2O2. The van der Waals surface area contributed by atoms with Crippen LogP contribution in [0.1, 0.15) is 11.3 Å². The van der Waals surface area contributed by atoms with E-state index in [0.29, 0.717) is 12.3 Å². The fraction of sp³-hybridized carbons (Fsp3) is 0.105. The van der Waals surface area contributed by atoms with Crippen molar-refractivity contribution in [3.8, 4) is 0 Å². The Balaban J connectivity index is 1.77. The van der Waals surface area contributed by atoms with Crippen LogP contribution >= 0.6 is 0 Å². The number of carbonyl (C=O) groups is 1. The molecule has 25 heavy (non-hydrogen) atoms. The number of benzene rings is 2. The van der Waals surface area contributed by atoms with Gasteiger partial charge in [-0.25, -0.2) is 13.6 Å². The number of furan rings is 1. The third-order valence-corrected chi connectivity index (χ3v) is 3.60. The Bertz CT molecular complexity index is 836. The van der Waals surface area contributed by atoms with Crippen LogP contribution in [-0.4, -0.2) is 10.9 Å². The van der Waals surface area contributed by atoms with Gasteiger partial charge in [0.25, 0.3) is 0 Å². The zero-order valence-corrected chi connectivity index (χ0v) is 13.3. The minimum Gasteiger partial charge on any atom is -0.467 e. The number of urea groups is 1. The van der Waals surface area contributed by atoms with Crippen molar-refractivity contribution >= 4 is 11.7 Å². The Labute approximate surface area is 143 Å². The van der Waals surface area contributed by atoms with Crippen molar-refractivity contribution in [1.82, 2.24) is 4.90 Å². The van der Waals surface area contributed by atoms with Crippen LogP contribution < -0.4 is 5.32 Å². The molecule has 3 aromatic rings. The van der Waals surface area contributed by atoms with Gasteiger partial charge in [0.2, 0.25) is 0 Å². The molecule has 1 heterocycles. The molecule has 2 amide bonds. The van der Waals surface area contributed by atoms with Gasteiger partial charge in [0.15, 0.2) is 11.6 Å². The first-order valence-corrected chi connectivity index (χ1v) is 7.69. The molecule has 0 bridgehead atoms. The molecule has 0 atom stereocenters. The lowest BCUT2D eigenvalue weighted by molar-refractivity contribution is 0.201. The highest BCUT2D eigenvalue weighted by atomic mass is 19.2. The largest absolute Gasteiger partial charge is 0.467 e. The van der Waals surface area contributed by atoms with E-state index in [4.69, 9.17) is 4.42 Å². The number of carbonyl (C=O) groups excluding carboxylic acids is 1. The lowest BCUT2D eigenvalue weighted by Gasteiger charge is -2.22. The normalized spacial score (nSPS) is 10.5. The van der Waals surface area contributed by atoms with E-state index in [1.165, 1.54) is 17.2 Å². The predicted octanol–water partition coefficient (Wildman–Crippen LogP) is 4.79. The van der Waals surface area contributed by atoms with Crippen LogP contribution in [-0.2, 0) is 13.1 Å². The summed E-state index contributed by atoms with van der Waals surface area (Å²) < 4.78 is 31.7. The van der Waals surface area contributed by atoms with Crippen molar-refractivity contribution in [1.29, 1.82) is 0 Å². The molecule has 0 radical (unpaired) electrons. The van der Waals surface area contributed by atoms with E-state index >= 15 is 0 Å². The Morgan fingerprint density at radius 2 is 1.76 bits per heavy atom. The molecular weight excluding hydrogens is 326 g/mol. The minimum absolute atomic E-state index is 0.182. The molecule has 1 N–H and O–H groups in total. The van der Waals surface area contributed by atoms with Gasteiger partial charge in [0, 0.05) is 18.3 Å². The van der Waals surface area contributed by atoms with Gasteiger partial charge in [-0.3, -0.25) is 0 Å². The molecule has 1 aromatic heterocycles. The average Bonchev–Trinajstić information content (AvgIpc) is 3.12. The lowest BCUT2D eigenvalue weighted by Crippen LogP contribution is -2.34. The number of rotatable bonds is 5. The minimum atomic E-state index is -1.02. The molecule has 0 aliphatic heterocycles. The molecule has 0 aliphatic rings. The van der Waals surface area contributed by atoms with Crippen molar-refractivity contribution in [3.63, 3.8) is 0 Å². The topological polar surface area (TPSA) is 45.5 Å². The van der Waals surface area contributed by atoms with Gasteiger partial charge in [-0.05, 0) is 29.8 Å². The standard InChI is InChI=1S/C19H16F2N2O2/c20-17-9-8-15(11-18(17)21)22-19(24)23(13-16-7-4-10-25-16)12-14-5-2-1-3-6-14/h1-11H,12-13H2,(H,22,24). The molecule has 128 valence electrons. The first-order valence-electron chi connectivity index (χ1n) is 7.69. The fourth-order valence-corrected chi connectivity index (χ4v) is 2.37. The number of hydrogen-bond donors (Lipinski definition) is 1. The number of hydrogen-bond acceptors (Lipinski definition) is 2. The van der Waals surface area contributed by atoms with Crippen molar-refractivity contribution in [2.24, 2.45) is 0 Å². The highest BCUT2D eigenvalue weighted by Crippen LogP contribution is 2.16. The summed E-state index contributed by atoms with van der Waals surface area (Å²) in [5, 5.41) is 2.58. The van der Waals surface area contributed by atoms with Crippen LogP contribution in [0.15, 0.2) is 71.3 Å². The third-order valence-electron chi connectivity index (χ3n) is 3.60. The summed E-state index contributed by atoms with van der Waals surface area (Å²) in [7, 11) is 0. The maximum absolute atomic E-state index is 13.3. The Hall–Kier alpha value is -3.15. The summed E-state index contributed by atoms with van der Waals surface area (Å²) in [6.07, 6.45) is 1.53. The second-order valence-corrected chi connectivity index (χ2v) is 5.48. The quantitative estimate of drug-likeness (QED) is 0.724. The van der Waals surface area contributed by atoms with Crippen molar-refractivity contribution in [2.45, 2.75) is 13.1 Å². The highest BCUT2D eigenvalue weighted by molar-refractivity contribution is 5.89. The molecule has 2 aromatic carbocycles. The maximum Gasteiger partial charge on any atom is 0.322 e. The Kier molecular flexibility index (Phi) is 5.09. The van der Waals surface area contributed by atoms with E-state index in [-0.39, 0.29) is 12.2 Å². The second-order valence-electron chi connectivity index (χ2n) is 5.48. The number of anilines is 1. The summed E-state index contributed by atoms with van der Waals surface area (Å²) in [5.74, 6) is -1.36. The van der Waals surface area contributed by atoms with Crippen molar-refractivity contribution in [3.05, 3.63) is 89.9 Å². The van der Waals surface area contributed by atoms with Crippen LogP contribution in [0.3, 0.4) is 0 Å². The lowest BCUT2D eigenvalue weighted by atomic mass is 10.2. The molecule has 0 saturated carbocycles. The number of amides is 2. The molecule has 0 aliphatic carbocycles. The van der Waals surface area contributed by atoms with Gasteiger partial charge in [0.1, 0.15) is 5.76 Å². The molecule has 0 fully saturated rings. The molecule has 3 rings (SSSR count). The van der Waals surface area contributed by atoms with E-state index in [9.17, 15) is 13.6 Å². The first kappa shape index (κ1) is 16.7. The monoisotopic (exact) mass is 342 g/mol. The summed E-state index contributed by atoms with van der Waals surface area (Å²) in [6.45, 7) is 0.592. The zero-order chi connectivity index (χ0) is 17.6. The van der Waals surface area contributed by atoms with Gasteiger partial charge < -0.3 is 14.6 Å². The molecule has 6 heteroatoms. The maximum atomic E-state index is 13.3. The van der Waals surface area contributed by atoms with E-state index in [1.54, 1.807) is 12.1 Å². The predicted molar refractivity (Wildman–Crippen MR) is 89.8 cm³/mol. The van der Waals surface area contributed by atoms with Gasteiger partial charge in [-0.15, -0.1) is 0 Å².